The smallest absolute Gasteiger partial charge is 0.322 e. The van der Waals surface area contributed by atoms with E-state index in [1.165, 1.54) is 12.1 Å². The maximum absolute atomic E-state index is 13.4. The van der Waals surface area contributed by atoms with E-state index in [9.17, 15) is 17.6 Å². The molecule has 2 aliphatic heterocycles. The predicted molar refractivity (Wildman–Crippen MR) is 114 cm³/mol. The van der Waals surface area contributed by atoms with Gasteiger partial charge in [0.05, 0.1) is 10.6 Å². The van der Waals surface area contributed by atoms with Gasteiger partial charge < -0.3 is 10.2 Å². The third-order valence-electron chi connectivity index (χ3n) is 5.88. The molecule has 0 bridgehead atoms. The lowest BCUT2D eigenvalue weighted by Crippen LogP contribution is -2.49. The van der Waals surface area contributed by atoms with E-state index in [0.29, 0.717) is 24.4 Å². The molecule has 6 nitrogen and oxygen atoms in total. The quantitative estimate of drug-likeness (QED) is 0.791. The lowest BCUT2D eigenvalue weighted by Gasteiger charge is -2.33. The highest BCUT2D eigenvalue weighted by molar-refractivity contribution is 7.91. The molecule has 0 aromatic heterocycles. The van der Waals surface area contributed by atoms with Crippen LogP contribution in [0.3, 0.4) is 0 Å². The lowest BCUT2D eigenvalue weighted by atomic mass is 10.1. The summed E-state index contributed by atoms with van der Waals surface area (Å²) < 4.78 is 38.3. The Morgan fingerprint density at radius 1 is 1.07 bits per heavy atom. The number of benzene rings is 2. The van der Waals surface area contributed by atoms with Crippen molar-refractivity contribution in [1.82, 2.24) is 10.2 Å². The van der Waals surface area contributed by atoms with Crippen molar-refractivity contribution in [3.63, 3.8) is 0 Å². The standard InChI is InChI=1S/C22H26FN3O3S/c23-18-6-7-21-17(16-18)8-13-26(21)22(27)24-19-9-11-25(12-10-19)14-15-30(28,29)20-4-2-1-3-5-20/h1-7,16,19H,8-15H2,(H,24,27). The number of rotatable bonds is 5. The highest BCUT2D eigenvalue weighted by atomic mass is 32.2. The van der Waals surface area contributed by atoms with Crippen LogP contribution in [0.25, 0.3) is 0 Å². The molecule has 30 heavy (non-hydrogen) atoms. The average molecular weight is 432 g/mol. The summed E-state index contributed by atoms with van der Waals surface area (Å²) in [6.45, 7) is 2.54. The first-order valence-electron chi connectivity index (χ1n) is 10.3. The molecule has 160 valence electrons. The molecule has 0 atom stereocenters. The van der Waals surface area contributed by atoms with Crippen LogP contribution in [0.5, 0.6) is 0 Å². The van der Waals surface area contributed by atoms with Crippen molar-refractivity contribution < 1.29 is 17.6 Å². The Morgan fingerprint density at radius 2 is 1.80 bits per heavy atom. The first kappa shape index (κ1) is 20.8. The first-order valence-corrected chi connectivity index (χ1v) is 11.9. The minimum atomic E-state index is -3.28. The Balaban J connectivity index is 1.25. The van der Waals surface area contributed by atoms with E-state index >= 15 is 0 Å². The van der Waals surface area contributed by atoms with Gasteiger partial charge in [-0.3, -0.25) is 4.90 Å². The Labute approximate surface area is 176 Å². The molecular weight excluding hydrogens is 405 g/mol. The van der Waals surface area contributed by atoms with Crippen molar-refractivity contribution in [3.05, 3.63) is 59.9 Å². The number of anilines is 1. The number of likely N-dealkylation sites (tertiary alicyclic amines) is 1. The minimum Gasteiger partial charge on any atom is -0.335 e. The van der Waals surface area contributed by atoms with E-state index in [1.54, 1.807) is 41.3 Å². The number of hydrogen-bond donors (Lipinski definition) is 1. The molecule has 1 fully saturated rings. The van der Waals surface area contributed by atoms with Gasteiger partial charge in [0.1, 0.15) is 5.82 Å². The summed E-state index contributed by atoms with van der Waals surface area (Å²) in [5.41, 5.74) is 1.64. The molecule has 8 heteroatoms. The van der Waals surface area contributed by atoms with Crippen LogP contribution >= 0.6 is 0 Å². The zero-order chi connectivity index (χ0) is 21.1. The monoisotopic (exact) mass is 431 g/mol. The number of hydrogen-bond acceptors (Lipinski definition) is 4. The second kappa shape index (κ2) is 8.73. The lowest BCUT2D eigenvalue weighted by molar-refractivity contribution is 0.201. The molecule has 2 heterocycles. The number of carbonyl (C=O) groups is 1. The van der Waals surface area contributed by atoms with Crippen molar-refractivity contribution in [1.29, 1.82) is 0 Å². The molecule has 2 aromatic carbocycles. The molecule has 0 spiro atoms. The van der Waals surface area contributed by atoms with Crippen LogP contribution in [0, 0.1) is 5.82 Å². The third kappa shape index (κ3) is 4.65. The normalized spacial score (nSPS) is 17.7. The Morgan fingerprint density at radius 3 is 2.53 bits per heavy atom. The number of amides is 2. The number of piperidine rings is 1. The minimum absolute atomic E-state index is 0.0592. The van der Waals surface area contributed by atoms with Gasteiger partial charge in [-0.15, -0.1) is 0 Å². The molecular formula is C22H26FN3O3S. The predicted octanol–water partition coefficient (Wildman–Crippen LogP) is 2.84. The molecule has 0 unspecified atom stereocenters. The molecule has 0 aliphatic carbocycles. The number of urea groups is 1. The third-order valence-corrected chi connectivity index (χ3v) is 7.59. The van der Waals surface area contributed by atoms with Crippen LogP contribution in [0.4, 0.5) is 14.9 Å². The fourth-order valence-corrected chi connectivity index (χ4v) is 5.44. The summed E-state index contributed by atoms with van der Waals surface area (Å²) in [6, 6.07) is 13.0. The second-order valence-corrected chi connectivity index (χ2v) is 9.98. The van der Waals surface area contributed by atoms with Gasteiger partial charge in [0, 0.05) is 37.9 Å². The Bertz CT molecular complexity index is 1010. The van der Waals surface area contributed by atoms with Crippen LogP contribution in [-0.2, 0) is 16.3 Å². The van der Waals surface area contributed by atoms with Crippen LogP contribution < -0.4 is 10.2 Å². The summed E-state index contributed by atoms with van der Waals surface area (Å²) in [5.74, 6) is -0.188. The maximum atomic E-state index is 13.4. The highest BCUT2D eigenvalue weighted by Gasteiger charge is 2.28. The van der Waals surface area contributed by atoms with Crippen molar-refractivity contribution in [2.24, 2.45) is 0 Å². The van der Waals surface area contributed by atoms with Crippen molar-refractivity contribution >= 4 is 21.6 Å². The van der Waals surface area contributed by atoms with Crippen LogP contribution in [-0.4, -0.2) is 57.3 Å². The summed E-state index contributed by atoms with van der Waals surface area (Å²) in [7, 11) is -3.28. The number of halogens is 1. The molecule has 1 N–H and O–H groups in total. The van der Waals surface area contributed by atoms with E-state index in [4.69, 9.17) is 0 Å². The van der Waals surface area contributed by atoms with E-state index in [0.717, 1.165) is 37.2 Å². The van der Waals surface area contributed by atoms with Crippen LogP contribution in [0.1, 0.15) is 18.4 Å². The van der Waals surface area contributed by atoms with E-state index in [1.807, 2.05) is 0 Å². The number of fused-ring (bicyclic) bond motifs is 1. The topological polar surface area (TPSA) is 69.7 Å². The Hall–Kier alpha value is -2.45. The molecule has 1 saturated heterocycles. The van der Waals surface area contributed by atoms with Crippen molar-refractivity contribution in [2.45, 2.75) is 30.2 Å². The number of nitrogens with one attached hydrogen (secondary N) is 1. The zero-order valence-corrected chi connectivity index (χ0v) is 17.6. The van der Waals surface area contributed by atoms with Gasteiger partial charge in [-0.25, -0.2) is 17.6 Å². The molecule has 4 rings (SSSR count). The van der Waals surface area contributed by atoms with E-state index < -0.39 is 9.84 Å². The van der Waals surface area contributed by atoms with Crippen molar-refractivity contribution in [2.75, 3.05) is 36.8 Å². The average Bonchev–Trinajstić information content (AvgIpc) is 3.17. The molecule has 0 radical (unpaired) electrons. The van der Waals surface area contributed by atoms with Crippen molar-refractivity contribution in [3.8, 4) is 0 Å². The van der Waals surface area contributed by atoms with E-state index in [2.05, 4.69) is 10.2 Å². The fraction of sp³-hybridized carbons (Fsp3) is 0.409. The fourth-order valence-electron chi connectivity index (χ4n) is 4.13. The summed E-state index contributed by atoms with van der Waals surface area (Å²) in [5, 5.41) is 3.08. The molecule has 2 aliphatic rings. The van der Waals surface area contributed by atoms with Gasteiger partial charge in [0.15, 0.2) is 9.84 Å². The van der Waals surface area contributed by atoms with Gasteiger partial charge in [-0.1, -0.05) is 18.2 Å². The number of carbonyl (C=O) groups excluding carboxylic acids is 1. The maximum Gasteiger partial charge on any atom is 0.322 e. The molecule has 0 saturated carbocycles. The highest BCUT2D eigenvalue weighted by Crippen LogP contribution is 2.28. The summed E-state index contributed by atoms with van der Waals surface area (Å²) in [4.78, 5) is 16.9. The van der Waals surface area contributed by atoms with Crippen LogP contribution in [0.2, 0.25) is 0 Å². The second-order valence-electron chi connectivity index (χ2n) is 7.87. The van der Waals surface area contributed by atoms with Gasteiger partial charge in [-0.05, 0) is 55.2 Å². The Kier molecular flexibility index (Phi) is 6.06. The summed E-state index contributed by atoms with van der Waals surface area (Å²) >= 11 is 0. The number of sulfone groups is 1. The SMILES string of the molecule is O=C(NC1CCN(CCS(=O)(=O)c2ccccc2)CC1)N1CCc2cc(F)ccc21. The first-order chi connectivity index (χ1) is 14.4. The van der Waals surface area contributed by atoms with Gasteiger partial charge in [0.2, 0.25) is 0 Å². The van der Waals surface area contributed by atoms with Crippen LogP contribution in [0.15, 0.2) is 53.4 Å². The van der Waals surface area contributed by atoms with E-state index in [-0.39, 0.29) is 23.6 Å². The largest absolute Gasteiger partial charge is 0.335 e. The van der Waals surface area contributed by atoms with Gasteiger partial charge in [-0.2, -0.15) is 0 Å². The zero-order valence-electron chi connectivity index (χ0n) is 16.8. The molecule has 2 aromatic rings. The summed E-state index contributed by atoms with van der Waals surface area (Å²) in [6.07, 6.45) is 2.22. The van der Waals surface area contributed by atoms with Gasteiger partial charge >= 0.3 is 6.03 Å². The molecule has 2 amide bonds. The van der Waals surface area contributed by atoms with Gasteiger partial charge in [0.25, 0.3) is 0 Å². The number of nitrogens with zero attached hydrogens (tertiary/aromatic N) is 2.